The molecule has 0 radical (unpaired) electrons. The molecule has 0 atom stereocenters. The SMILES string of the molecule is Cc1c(Nc2ccc(OC(F)(F)F)cc2)ncnc1-c1ccc(N=O)cc1. The van der Waals surface area contributed by atoms with Gasteiger partial charge in [-0.2, -0.15) is 0 Å². The maximum Gasteiger partial charge on any atom is 0.573 e. The number of nitrogens with zero attached hydrogens (tertiary/aromatic N) is 3. The lowest BCUT2D eigenvalue weighted by molar-refractivity contribution is -0.274. The standard InChI is InChI=1S/C18H13F3N4O2/c1-11-16(12-2-4-14(25-26)5-3-12)22-10-23-17(11)24-13-6-8-15(9-7-13)27-18(19,20)21/h2-10H,1H3,(H,22,23,24). The van der Waals surface area contributed by atoms with E-state index in [1.807, 2.05) is 6.92 Å². The molecule has 0 aliphatic rings. The summed E-state index contributed by atoms with van der Waals surface area (Å²) in [5, 5.41) is 5.89. The molecule has 1 aromatic heterocycles. The highest BCUT2D eigenvalue weighted by Crippen LogP contribution is 2.29. The van der Waals surface area contributed by atoms with Crippen molar-refractivity contribution in [3.05, 3.63) is 65.3 Å². The normalized spacial score (nSPS) is 11.1. The molecule has 1 N–H and O–H groups in total. The van der Waals surface area contributed by atoms with Gasteiger partial charge in [0.15, 0.2) is 0 Å². The van der Waals surface area contributed by atoms with Crippen LogP contribution in [-0.2, 0) is 0 Å². The van der Waals surface area contributed by atoms with E-state index in [1.165, 1.54) is 30.6 Å². The van der Waals surface area contributed by atoms with E-state index in [0.29, 0.717) is 22.9 Å². The molecular formula is C18H13F3N4O2. The zero-order chi connectivity index (χ0) is 19.4. The van der Waals surface area contributed by atoms with Crippen LogP contribution in [0.4, 0.5) is 30.4 Å². The van der Waals surface area contributed by atoms with Gasteiger partial charge >= 0.3 is 6.36 Å². The van der Waals surface area contributed by atoms with Gasteiger partial charge in [-0.15, -0.1) is 18.1 Å². The minimum atomic E-state index is -4.73. The summed E-state index contributed by atoms with van der Waals surface area (Å²) in [6, 6.07) is 11.9. The molecule has 0 aliphatic heterocycles. The third kappa shape index (κ3) is 4.57. The summed E-state index contributed by atoms with van der Waals surface area (Å²) in [5.41, 5.74) is 3.02. The van der Waals surface area contributed by atoms with Crippen LogP contribution in [0, 0.1) is 11.8 Å². The molecule has 9 heteroatoms. The van der Waals surface area contributed by atoms with Crippen LogP contribution in [0.1, 0.15) is 5.56 Å². The molecule has 138 valence electrons. The first-order valence-corrected chi connectivity index (χ1v) is 7.74. The van der Waals surface area contributed by atoms with Gasteiger partial charge in [0.05, 0.1) is 5.69 Å². The summed E-state index contributed by atoms with van der Waals surface area (Å²) >= 11 is 0. The van der Waals surface area contributed by atoms with E-state index in [9.17, 15) is 18.1 Å². The highest BCUT2D eigenvalue weighted by molar-refractivity contribution is 5.71. The first-order chi connectivity index (χ1) is 12.9. The summed E-state index contributed by atoms with van der Waals surface area (Å²) in [4.78, 5) is 19.0. The molecule has 3 aromatic rings. The zero-order valence-electron chi connectivity index (χ0n) is 14.0. The van der Waals surface area contributed by atoms with E-state index in [2.05, 4.69) is 25.2 Å². The predicted octanol–water partition coefficient (Wildman–Crippen LogP) is 5.49. The Balaban J connectivity index is 1.82. The number of hydrogen-bond acceptors (Lipinski definition) is 6. The summed E-state index contributed by atoms with van der Waals surface area (Å²) in [7, 11) is 0. The molecule has 0 bridgehead atoms. The Bertz CT molecular complexity index is 942. The Morgan fingerprint density at radius 3 is 2.26 bits per heavy atom. The van der Waals surface area contributed by atoms with Crippen LogP contribution >= 0.6 is 0 Å². The van der Waals surface area contributed by atoms with Crippen molar-refractivity contribution in [2.24, 2.45) is 5.18 Å². The van der Waals surface area contributed by atoms with Crippen LogP contribution in [0.2, 0.25) is 0 Å². The van der Waals surface area contributed by atoms with Crippen LogP contribution < -0.4 is 10.1 Å². The van der Waals surface area contributed by atoms with E-state index < -0.39 is 6.36 Å². The van der Waals surface area contributed by atoms with Crippen molar-refractivity contribution in [1.29, 1.82) is 0 Å². The Labute approximate surface area is 152 Å². The summed E-state index contributed by atoms with van der Waals surface area (Å²) in [6.07, 6.45) is -3.36. The second-order valence-corrected chi connectivity index (χ2v) is 5.53. The quantitative estimate of drug-likeness (QED) is 0.598. The monoisotopic (exact) mass is 374 g/mol. The van der Waals surface area contributed by atoms with Crippen LogP contribution in [0.15, 0.2) is 60.0 Å². The summed E-state index contributed by atoms with van der Waals surface area (Å²) < 4.78 is 40.5. The lowest BCUT2D eigenvalue weighted by Crippen LogP contribution is -2.17. The second kappa shape index (κ2) is 7.40. The number of alkyl halides is 3. The molecule has 3 rings (SSSR count). The van der Waals surface area contributed by atoms with Crippen molar-refractivity contribution < 1.29 is 17.9 Å². The summed E-state index contributed by atoms with van der Waals surface area (Å²) in [5.74, 6) is 0.194. The van der Waals surface area contributed by atoms with Crippen molar-refractivity contribution in [3.63, 3.8) is 0 Å². The fourth-order valence-electron chi connectivity index (χ4n) is 2.42. The Morgan fingerprint density at radius 1 is 1.00 bits per heavy atom. The van der Waals surface area contributed by atoms with Crippen molar-refractivity contribution in [3.8, 4) is 17.0 Å². The Morgan fingerprint density at radius 2 is 1.67 bits per heavy atom. The highest BCUT2D eigenvalue weighted by Gasteiger charge is 2.30. The minimum absolute atomic E-state index is 0.308. The van der Waals surface area contributed by atoms with Crippen molar-refractivity contribution >= 4 is 17.2 Å². The van der Waals surface area contributed by atoms with Gasteiger partial charge in [0.1, 0.15) is 23.6 Å². The lowest BCUT2D eigenvalue weighted by atomic mass is 10.1. The molecule has 27 heavy (non-hydrogen) atoms. The molecule has 1 heterocycles. The first kappa shape index (κ1) is 18.3. The molecule has 0 saturated heterocycles. The van der Waals surface area contributed by atoms with Gasteiger partial charge in [0.2, 0.25) is 0 Å². The third-order valence-corrected chi connectivity index (χ3v) is 3.68. The molecule has 0 saturated carbocycles. The fraction of sp³-hybridized carbons (Fsp3) is 0.111. The average Bonchev–Trinajstić information content (AvgIpc) is 2.64. The van der Waals surface area contributed by atoms with E-state index in [4.69, 9.17) is 0 Å². The van der Waals surface area contributed by atoms with Gasteiger partial charge in [-0.1, -0.05) is 12.1 Å². The molecular weight excluding hydrogens is 361 g/mol. The average molecular weight is 374 g/mol. The molecule has 2 aromatic carbocycles. The second-order valence-electron chi connectivity index (χ2n) is 5.53. The molecule has 0 amide bonds. The van der Waals surface area contributed by atoms with Crippen LogP contribution in [0.25, 0.3) is 11.3 Å². The van der Waals surface area contributed by atoms with E-state index in [-0.39, 0.29) is 5.75 Å². The number of ether oxygens (including phenoxy) is 1. The van der Waals surface area contributed by atoms with Crippen molar-refractivity contribution in [2.75, 3.05) is 5.32 Å². The van der Waals surface area contributed by atoms with Crippen molar-refractivity contribution in [1.82, 2.24) is 9.97 Å². The number of halogens is 3. The Kier molecular flexibility index (Phi) is 5.02. The fourth-order valence-corrected chi connectivity index (χ4v) is 2.42. The van der Waals surface area contributed by atoms with E-state index >= 15 is 0 Å². The number of aromatic nitrogens is 2. The molecule has 0 aliphatic carbocycles. The van der Waals surface area contributed by atoms with Gasteiger partial charge in [0.25, 0.3) is 0 Å². The van der Waals surface area contributed by atoms with Crippen LogP contribution in [-0.4, -0.2) is 16.3 Å². The third-order valence-electron chi connectivity index (χ3n) is 3.68. The Hall–Kier alpha value is -3.49. The number of nitroso groups, excluding NO2 is 1. The minimum Gasteiger partial charge on any atom is -0.406 e. The van der Waals surface area contributed by atoms with Crippen molar-refractivity contribution in [2.45, 2.75) is 13.3 Å². The van der Waals surface area contributed by atoms with Gasteiger partial charge in [-0.3, -0.25) is 0 Å². The molecule has 0 spiro atoms. The zero-order valence-corrected chi connectivity index (χ0v) is 14.0. The number of benzene rings is 2. The largest absolute Gasteiger partial charge is 0.573 e. The molecule has 0 unspecified atom stereocenters. The van der Waals surface area contributed by atoms with Gasteiger partial charge in [-0.25, -0.2) is 9.97 Å². The lowest BCUT2D eigenvalue weighted by Gasteiger charge is -2.13. The maximum atomic E-state index is 12.2. The number of rotatable bonds is 5. The number of nitrogens with one attached hydrogen (secondary N) is 1. The topological polar surface area (TPSA) is 76.5 Å². The van der Waals surface area contributed by atoms with Gasteiger partial charge in [0, 0.05) is 16.8 Å². The molecule has 6 nitrogen and oxygen atoms in total. The van der Waals surface area contributed by atoms with Crippen LogP contribution in [0.3, 0.4) is 0 Å². The number of anilines is 2. The molecule has 0 fully saturated rings. The smallest absolute Gasteiger partial charge is 0.406 e. The maximum absolute atomic E-state index is 12.2. The van der Waals surface area contributed by atoms with E-state index in [0.717, 1.165) is 11.1 Å². The van der Waals surface area contributed by atoms with Crippen LogP contribution in [0.5, 0.6) is 5.75 Å². The summed E-state index contributed by atoms with van der Waals surface area (Å²) in [6.45, 7) is 1.81. The highest BCUT2D eigenvalue weighted by atomic mass is 19.4. The number of hydrogen-bond donors (Lipinski definition) is 1. The van der Waals surface area contributed by atoms with Gasteiger partial charge < -0.3 is 10.1 Å². The van der Waals surface area contributed by atoms with Gasteiger partial charge in [-0.05, 0) is 48.5 Å². The first-order valence-electron chi connectivity index (χ1n) is 7.74. The predicted molar refractivity (Wildman–Crippen MR) is 94.1 cm³/mol. The van der Waals surface area contributed by atoms with E-state index in [1.54, 1.807) is 24.3 Å².